The molecule has 0 saturated heterocycles. The number of fused-ring (bicyclic) bond motifs is 1. The summed E-state index contributed by atoms with van der Waals surface area (Å²) in [5.41, 5.74) is 4.75. The van der Waals surface area contributed by atoms with Gasteiger partial charge in [0.25, 0.3) is 0 Å². The van der Waals surface area contributed by atoms with Crippen LogP contribution in [0.1, 0.15) is 17.0 Å². The number of hydrogen-bond donors (Lipinski definition) is 1. The molecule has 24 heavy (non-hydrogen) atoms. The molecule has 0 amide bonds. The summed E-state index contributed by atoms with van der Waals surface area (Å²) in [6.45, 7) is 6.16. The molecule has 0 atom stereocenters. The molecule has 0 radical (unpaired) electrons. The summed E-state index contributed by atoms with van der Waals surface area (Å²) < 4.78 is 0. The first-order valence-electron chi connectivity index (χ1n) is 7.75. The molecule has 0 fully saturated rings. The zero-order chi connectivity index (χ0) is 16.7. The first kappa shape index (κ1) is 15.3. The van der Waals surface area contributed by atoms with E-state index in [1.807, 2.05) is 6.92 Å². The molecule has 0 aliphatic rings. The first-order chi connectivity index (χ1) is 11.6. The van der Waals surface area contributed by atoms with Crippen LogP contribution in [0.15, 0.2) is 41.1 Å². The predicted octanol–water partition coefficient (Wildman–Crippen LogP) is 6.09. The van der Waals surface area contributed by atoms with Crippen LogP contribution < -0.4 is 5.32 Å². The molecule has 5 heteroatoms. The fraction of sp³-hybridized carbons (Fsp3) is 0.158. The van der Waals surface area contributed by atoms with Gasteiger partial charge in [-0.3, -0.25) is 0 Å². The summed E-state index contributed by atoms with van der Waals surface area (Å²) in [7, 11) is 0. The lowest BCUT2D eigenvalue weighted by Crippen LogP contribution is -1.99. The normalized spacial score (nSPS) is 11.1. The monoisotopic (exact) mass is 351 g/mol. The highest BCUT2D eigenvalue weighted by molar-refractivity contribution is 7.18. The predicted molar refractivity (Wildman–Crippen MR) is 105 cm³/mol. The van der Waals surface area contributed by atoms with Gasteiger partial charge in [-0.15, -0.1) is 22.7 Å². The van der Waals surface area contributed by atoms with Crippen molar-refractivity contribution in [3.8, 4) is 10.4 Å². The van der Waals surface area contributed by atoms with Crippen molar-refractivity contribution in [3.63, 3.8) is 0 Å². The Morgan fingerprint density at radius 3 is 2.46 bits per heavy atom. The van der Waals surface area contributed by atoms with Crippen LogP contribution in [-0.4, -0.2) is 9.97 Å². The van der Waals surface area contributed by atoms with Gasteiger partial charge >= 0.3 is 0 Å². The second-order valence-electron chi connectivity index (χ2n) is 5.93. The van der Waals surface area contributed by atoms with Gasteiger partial charge in [0, 0.05) is 21.5 Å². The van der Waals surface area contributed by atoms with Crippen LogP contribution in [0.4, 0.5) is 11.5 Å². The molecule has 4 aromatic rings. The van der Waals surface area contributed by atoms with Crippen LogP contribution in [0.2, 0.25) is 0 Å². The largest absolute Gasteiger partial charge is 0.340 e. The number of aromatic nitrogens is 2. The molecule has 1 N–H and O–H groups in total. The fourth-order valence-corrected chi connectivity index (χ4v) is 4.74. The van der Waals surface area contributed by atoms with Crippen molar-refractivity contribution in [3.05, 3.63) is 58.0 Å². The Balaban J connectivity index is 1.89. The topological polar surface area (TPSA) is 37.8 Å². The molecular weight excluding hydrogens is 334 g/mol. The van der Waals surface area contributed by atoms with Gasteiger partial charge in [0.1, 0.15) is 16.5 Å². The molecule has 0 saturated carbocycles. The standard InChI is InChI=1S/C19H17N3S2/c1-11-7-12(2)9-14(8-11)22-18-17-15(16-5-4-6-23-16)10-24-19(17)21-13(3)20-18/h4-10H,1-3H3,(H,20,21,22). The Kier molecular flexibility index (Phi) is 3.82. The minimum Gasteiger partial charge on any atom is -0.340 e. The van der Waals surface area contributed by atoms with Gasteiger partial charge in [-0.25, -0.2) is 9.97 Å². The Morgan fingerprint density at radius 1 is 0.958 bits per heavy atom. The lowest BCUT2D eigenvalue weighted by molar-refractivity contribution is 1.10. The van der Waals surface area contributed by atoms with Gasteiger partial charge < -0.3 is 5.32 Å². The third-order valence-corrected chi connectivity index (χ3v) is 5.59. The van der Waals surface area contributed by atoms with Crippen molar-refractivity contribution < 1.29 is 0 Å². The molecule has 1 aromatic carbocycles. The SMILES string of the molecule is Cc1cc(C)cc(Nc2nc(C)nc3scc(-c4cccs4)c23)c1. The molecule has 3 nitrogen and oxygen atoms in total. The number of thiophene rings is 2. The van der Waals surface area contributed by atoms with Crippen LogP contribution in [0, 0.1) is 20.8 Å². The molecule has 0 aliphatic heterocycles. The van der Waals surface area contributed by atoms with Crippen molar-refractivity contribution in [2.75, 3.05) is 5.32 Å². The van der Waals surface area contributed by atoms with E-state index >= 15 is 0 Å². The number of nitrogens with one attached hydrogen (secondary N) is 1. The maximum atomic E-state index is 4.69. The van der Waals surface area contributed by atoms with Gasteiger partial charge in [-0.1, -0.05) is 12.1 Å². The summed E-state index contributed by atoms with van der Waals surface area (Å²) in [4.78, 5) is 11.6. The van der Waals surface area contributed by atoms with Crippen molar-refractivity contribution in [2.45, 2.75) is 20.8 Å². The molecule has 0 unspecified atom stereocenters. The number of hydrogen-bond acceptors (Lipinski definition) is 5. The molecule has 0 aliphatic carbocycles. The lowest BCUT2D eigenvalue weighted by atomic mass is 10.1. The van der Waals surface area contributed by atoms with E-state index in [1.165, 1.54) is 21.6 Å². The maximum Gasteiger partial charge on any atom is 0.143 e. The summed E-state index contributed by atoms with van der Waals surface area (Å²) in [5, 5.41) is 8.90. The molecule has 0 spiro atoms. The van der Waals surface area contributed by atoms with E-state index in [1.54, 1.807) is 22.7 Å². The van der Waals surface area contributed by atoms with Gasteiger partial charge in [-0.05, 0) is 55.5 Å². The molecule has 120 valence electrons. The quantitative estimate of drug-likeness (QED) is 0.485. The van der Waals surface area contributed by atoms with Crippen LogP contribution in [-0.2, 0) is 0 Å². The number of aryl methyl sites for hydroxylation is 3. The second kappa shape index (κ2) is 6.00. The lowest BCUT2D eigenvalue weighted by Gasteiger charge is -2.11. The Hall–Kier alpha value is -2.24. The van der Waals surface area contributed by atoms with Gasteiger partial charge in [0.2, 0.25) is 0 Å². The minimum atomic E-state index is 0.786. The molecule has 4 rings (SSSR count). The van der Waals surface area contributed by atoms with E-state index in [0.29, 0.717) is 0 Å². The third-order valence-electron chi connectivity index (χ3n) is 3.82. The van der Waals surface area contributed by atoms with Crippen molar-refractivity contribution in [1.82, 2.24) is 9.97 Å². The minimum absolute atomic E-state index is 0.786. The van der Waals surface area contributed by atoms with E-state index in [-0.39, 0.29) is 0 Å². The van der Waals surface area contributed by atoms with E-state index in [0.717, 1.165) is 27.5 Å². The second-order valence-corrected chi connectivity index (χ2v) is 7.73. The van der Waals surface area contributed by atoms with Gasteiger partial charge in [0.05, 0.1) is 5.39 Å². The highest BCUT2D eigenvalue weighted by Crippen LogP contribution is 2.39. The van der Waals surface area contributed by atoms with E-state index in [9.17, 15) is 0 Å². The molecule has 3 aromatic heterocycles. The van der Waals surface area contributed by atoms with Crippen molar-refractivity contribution in [1.29, 1.82) is 0 Å². The number of benzene rings is 1. The highest BCUT2D eigenvalue weighted by atomic mass is 32.1. The number of nitrogens with zero attached hydrogens (tertiary/aromatic N) is 2. The average molecular weight is 352 g/mol. The van der Waals surface area contributed by atoms with Crippen LogP contribution >= 0.6 is 22.7 Å². The molecule has 3 heterocycles. The van der Waals surface area contributed by atoms with E-state index in [4.69, 9.17) is 0 Å². The van der Waals surface area contributed by atoms with E-state index < -0.39 is 0 Å². The maximum absolute atomic E-state index is 4.69. The van der Waals surface area contributed by atoms with Crippen LogP contribution in [0.5, 0.6) is 0 Å². The van der Waals surface area contributed by atoms with Gasteiger partial charge in [-0.2, -0.15) is 0 Å². The Bertz CT molecular complexity index is 996. The summed E-state index contributed by atoms with van der Waals surface area (Å²) in [6.07, 6.45) is 0. The zero-order valence-corrected chi connectivity index (χ0v) is 15.4. The summed E-state index contributed by atoms with van der Waals surface area (Å²) in [6, 6.07) is 10.7. The Labute approximate surface area is 149 Å². The Morgan fingerprint density at radius 2 is 1.75 bits per heavy atom. The number of rotatable bonds is 3. The van der Waals surface area contributed by atoms with Crippen molar-refractivity contribution in [2.24, 2.45) is 0 Å². The van der Waals surface area contributed by atoms with Crippen LogP contribution in [0.3, 0.4) is 0 Å². The van der Waals surface area contributed by atoms with E-state index in [2.05, 4.69) is 70.2 Å². The summed E-state index contributed by atoms with van der Waals surface area (Å²) in [5.74, 6) is 1.67. The van der Waals surface area contributed by atoms with Crippen LogP contribution in [0.25, 0.3) is 20.7 Å². The smallest absolute Gasteiger partial charge is 0.143 e. The highest BCUT2D eigenvalue weighted by Gasteiger charge is 2.15. The summed E-state index contributed by atoms with van der Waals surface area (Å²) >= 11 is 3.42. The average Bonchev–Trinajstić information content (AvgIpc) is 3.14. The first-order valence-corrected chi connectivity index (χ1v) is 9.51. The van der Waals surface area contributed by atoms with Crippen molar-refractivity contribution >= 4 is 44.4 Å². The van der Waals surface area contributed by atoms with Gasteiger partial charge in [0.15, 0.2) is 0 Å². The number of anilines is 2. The molecular formula is C19H17N3S2. The molecule has 0 bridgehead atoms. The zero-order valence-electron chi connectivity index (χ0n) is 13.8. The fourth-order valence-electron chi connectivity index (χ4n) is 2.94. The third kappa shape index (κ3) is 2.81.